The number of carbonyl (C=O) groups is 1. The highest BCUT2D eigenvalue weighted by atomic mass is 79.9. The zero-order valence-electron chi connectivity index (χ0n) is 10.3. The molecule has 4 nitrogen and oxygen atoms in total. The Morgan fingerprint density at radius 3 is 2.45 bits per heavy atom. The minimum Gasteiger partial charge on any atom is -0.308 e. The summed E-state index contributed by atoms with van der Waals surface area (Å²) in [5, 5.41) is 16.0. The van der Waals surface area contributed by atoms with Crippen LogP contribution in [0.4, 0.5) is 16.2 Å². The van der Waals surface area contributed by atoms with Gasteiger partial charge < -0.3 is 10.6 Å². The number of amides is 2. The molecule has 0 bridgehead atoms. The Morgan fingerprint density at radius 1 is 1.10 bits per heavy atom. The van der Waals surface area contributed by atoms with Gasteiger partial charge in [0, 0.05) is 15.1 Å². The number of nitrogens with zero attached hydrogens (tertiary/aromatic N) is 1. The fraction of sp³-hybridized carbons (Fsp3) is 0. The second kappa shape index (κ2) is 6.98. The molecule has 0 aliphatic rings. The number of carbonyl (C=O) groups excluding carboxylic acids is 1. The summed E-state index contributed by atoms with van der Waals surface area (Å²) < 4.78 is 0.816. The van der Waals surface area contributed by atoms with Gasteiger partial charge in [0.15, 0.2) is 0 Å². The number of benzene rings is 2. The van der Waals surface area contributed by atoms with Crippen molar-refractivity contribution in [2.75, 3.05) is 10.6 Å². The van der Waals surface area contributed by atoms with Gasteiger partial charge >= 0.3 is 6.03 Å². The first kappa shape index (κ1) is 14.4. The molecule has 0 atom stereocenters. The van der Waals surface area contributed by atoms with E-state index in [1.807, 2.05) is 23.6 Å². The van der Waals surface area contributed by atoms with E-state index in [1.165, 1.54) is 0 Å². The van der Waals surface area contributed by atoms with E-state index >= 15 is 0 Å². The molecule has 0 saturated carbocycles. The molecule has 2 aromatic rings. The number of para-hydroxylation sites is 1. The van der Waals surface area contributed by atoms with E-state index in [0.717, 1.165) is 21.1 Å². The third-order valence-corrected chi connectivity index (χ3v) is 3.69. The Kier molecular flexibility index (Phi) is 5.04. The first-order valence-corrected chi connectivity index (χ1v) is 7.28. The lowest BCUT2D eigenvalue weighted by Crippen LogP contribution is -2.19. The average Bonchev–Trinajstić information content (AvgIpc) is 2.44. The molecule has 6 heteroatoms. The Bertz CT molecular complexity index is 652. The van der Waals surface area contributed by atoms with Crippen molar-refractivity contribution >= 4 is 45.1 Å². The molecular weight excluding hydrogens is 338 g/mol. The van der Waals surface area contributed by atoms with Gasteiger partial charge in [0.1, 0.15) is 5.40 Å². The van der Waals surface area contributed by atoms with Crippen LogP contribution in [0.2, 0.25) is 0 Å². The molecule has 100 valence electrons. The molecule has 0 fully saturated rings. The van der Waals surface area contributed by atoms with Crippen LogP contribution in [0.25, 0.3) is 0 Å². The lowest BCUT2D eigenvalue weighted by Gasteiger charge is -2.09. The lowest BCUT2D eigenvalue weighted by atomic mass is 10.3. The van der Waals surface area contributed by atoms with Gasteiger partial charge in [-0.05, 0) is 64.1 Å². The smallest absolute Gasteiger partial charge is 0.308 e. The Hall–Kier alpha value is -1.97. The maximum absolute atomic E-state index is 11.8. The summed E-state index contributed by atoms with van der Waals surface area (Å²) in [6, 6.07) is 14.1. The average molecular weight is 348 g/mol. The molecule has 0 unspecified atom stereocenters. The largest absolute Gasteiger partial charge is 0.323 e. The van der Waals surface area contributed by atoms with E-state index in [2.05, 4.69) is 26.6 Å². The maximum atomic E-state index is 11.8. The number of hydrogen-bond donors (Lipinski definition) is 2. The normalized spacial score (nSPS) is 9.60. The number of urea groups is 1. The van der Waals surface area contributed by atoms with Gasteiger partial charge in [0.25, 0.3) is 0 Å². The minimum absolute atomic E-state index is 0.322. The van der Waals surface area contributed by atoms with Crippen LogP contribution in [0.5, 0.6) is 0 Å². The molecule has 0 aromatic heterocycles. The minimum atomic E-state index is -0.322. The van der Waals surface area contributed by atoms with Gasteiger partial charge in [0.2, 0.25) is 0 Å². The predicted octanol–water partition coefficient (Wildman–Crippen LogP) is 4.67. The van der Waals surface area contributed by atoms with Crippen LogP contribution in [0.3, 0.4) is 0 Å². The van der Waals surface area contributed by atoms with Crippen molar-refractivity contribution in [3.8, 4) is 5.40 Å². The molecule has 2 aromatic carbocycles. The number of thiocyanates is 1. The Labute approximate surface area is 129 Å². The van der Waals surface area contributed by atoms with Gasteiger partial charge in [-0.3, -0.25) is 0 Å². The molecule has 2 amide bonds. The molecule has 0 aliphatic carbocycles. The van der Waals surface area contributed by atoms with Crippen molar-refractivity contribution in [3.05, 3.63) is 53.0 Å². The summed E-state index contributed by atoms with van der Waals surface area (Å²) in [5.41, 5.74) is 1.36. The van der Waals surface area contributed by atoms with Crippen LogP contribution in [0.1, 0.15) is 0 Å². The monoisotopic (exact) mass is 347 g/mol. The van der Waals surface area contributed by atoms with Crippen LogP contribution >= 0.6 is 27.7 Å². The number of thioether (sulfide) groups is 1. The molecule has 0 aliphatic heterocycles. The zero-order valence-corrected chi connectivity index (χ0v) is 12.7. The SMILES string of the molecule is N#CSc1ccc(NC(=O)Nc2ccccc2Br)cc1. The van der Waals surface area contributed by atoms with Crippen molar-refractivity contribution in [3.63, 3.8) is 0 Å². The second-order valence-electron chi connectivity index (χ2n) is 3.78. The van der Waals surface area contributed by atoms with E-state index < -0.39 is 0 Å². The van der Waals surface area contributed by atoms with Crippen molar-refractivity contribution in [1.82, 2.24) is 0 Å². The summed E-state index contributed by atoms with van der Waals surface area (Å²) in [4.78, 5) is 12.7. The molecule has 0 heterocycles. The summed E-state index contributed by atoms with van der Waals surface area (Å²) >= 11 is 4.44. The van der Waals surface area contributed by atoms with Crippen LogP contribution in [-0.2, 0) is 0 Å². The third-order valence-electron chi connectivity index (χ3n) is 2.40. The highest BCUT2D eigenvalue weighted by molar-refractivity contribution is 9.10. The van der Waals surface area contributed by atoms with Gasteiger partial charge in [-0.25, -0.2) is 4.79 Å². The molecule has 20 heavy (non-hydrogen) atoms. The van der Waals surface area contributed by atoms with Gasteiger partial charge in [-0.2, -0.15) is 5.26 Å². The summed E-state index contributed by atoms with van der Waals surface area (Å²) in [5.74, 6) is 0. The summed E-state index contributed by atoms with van der Waals surface area (Å²) in [6.07, 6.45) is 0. The van der Waals surface area contributed by atoms with Crippen LogP contribution < -0.4 is 10.6 Å². The molecule has 0 radical (unpaired) electrons. The Balaban J connectivity index is 1.98. The van der Waals surface area contributed by atoms with E-state index in [4.69, 9.17) is 5.26 Å². The number of hydrogen-bond acceptors (Lipinski definition) is 3. The predicted molar refractivity (Wildman–Crippen MR) is 84.7 cm³/mol. The first-order chi connectivity index (χ1) is 9.69. The van der Waals surface area contributed by atoms with Crippen molar-refractivity contribution in [2.24, 2.45) is 0 Å². The summed E-state index contributed by atoms with van der Waals surface area (Å²) in [7, 11) is 0. The highest BCUT2D eigenvalue weighted by Crippen LogP contribution is 2.22. The molecule has 2 N–H and O–H groups in total. The van der Waals surface area contributed by atoms with Crippen LogP contribution in [0.15, 0.2) is 57.9 Å². The van der Waals surface area contributed by atoms with Crippen molar-refractivity contribution in [2.45, 2.75) is 4.90 Å². The topological polar surface area (TPSA) is 64.9 Å². The number of halogens is 1. The fourth-order valence-electron chi connectivity index (χ4n) is 1.51. The quantitative estimate of drug-likeness (QED) is 0.626. The number of nitrogens with one attached hydrogen (secondary N) is 2. The number of rotatable bonds is 3. The van der Waals surface area contributed by atoms with Gasteiger partial charge in [-0.1, -0.05) is 12.1 Å². The standard InChI is InChI=1S/C14H10BrN3OS/c15-12-3-1-2-4-13(12)18-14(19)17-10-5-7-11(8-6-10)20-9-16/h1-8H,(H2,17,18,19). The van der Waals surface area contributed by atoms with Gasteiger partial charge in [0.05, 0.1) is 5.69 Å². The van der Waals surface area contributed by atoms with Crippen molar-refractivity contribution in [1.29, 1.82) is 5.26 Å². The van der Waals surface area contributed by atoms with E-state index in [-0.39, 0.29) is 6.03 Å². The highest BCUT2D eigenvalue weighted by Gasteiger charge is 2.05. The molecular formula is C14H10BrN3OS. The van der Waals surface area contributed by atoms with Crippen molar-refractivity contribution < 1.29 is 4.79 Å². The lowest BCUT2D eigenvalue weighted by molar-refractivity contribution is 0.262. The van der Waals surface area contributed by atoms with Crippen LogP contribution in [-0.4, -0.2) is 6.03 Å². The molecule has 2 rings (SSSR count). The number of nitriles is 1. The first-order valence-electron chi connectivity index (χ1n) is 5.67. The van der Waals surface area contributed by atoms with E-state index in [0.29, 0.717) is 11.4 Å². The fourth-order valence-corrected chi connectivity index (χ4v) is 2.27. The van der Waals surface area contributed by atoms with Gasteiger partial charge in [-0.15, -0.1) is 0 Å². The number of anilines is 2. The molecule has 0 saturated heterocycles. The second-order valence-corrected chi connectivity index (χ2v) is 5.49. The molecule has 0 spiro atoms. The van der Waals surface area contributed by atoms with E-state index in [9.17, 15) is 4.79 Å². The maximum Gasteiger partial charge on any atom is 0.323 e. The summed E-state index contributed by atoms with van der Waals surface area (Å²) in [6.45, 7) is 0. The zero-order chi connectivity index (χ0) is 14.4. The van der Waals surface area contributed by atoms with E-state index in [1.54, 1.807) is 30.3 Å². The Morgan fingerprint density at radius 2 is 1.80 bits per heavy atom. The third kappa shape index (κ3) is 4.02. The van der Waals surface area contributed by atoms with Crippen LogP contribution in [0, 0.1) is 10.7 Å².